The van der Waals surface area contributed by atoms with Gasteiger partial charge in [-0.2, -0.15) is 0 Å². The molecule has 5 heteroatoms. The number of rotatable bonds is 4. The summed E-state index contributed by atoms with van der Waals surface area (Å²) in [5.74, 6) is -1.17. The summed E-state index contributed by atoms with van der Waals surface area (Å²) < 4.78 is 0. The van der Waals surface area contributed by atoms with Gasteiger partial charge >= 0.3 is 5.97 Å². The number of nitrogens with zero attached hydrogens (tertiary/aromatic N) is 1. The van der Waals surface area contributed by atoms with E-state index >= 15 is 0 Å². The molecule has 1 aromatic carbocycles. The first-order chi connectivity index (χ1) is 6.61. The zero-order valence-electron chi connectivity index (χ0n) is 7.29. The van der Waals surface area contributed by atoms with Gasteiger partial charge in [0.15, 0.2) is 0 Å². The molecule has 0 radical (unpaired) electrons. The molecule has 1 aromatic rings. The van der Waals surface area contributed by atoms with Gasteiger partial charge in [0.25, 0.3) is 0 Å². The number of benzene rings is 1. The van der Waals surface area contributed by atoms with E-state index in [1.54, 1.807) is 30.3 Å². The van der Waals surface area contributed by atoms with Gasteiger partial charge in [-0.1, -0.05) is 30.3 Å². The van der Waals surface area contributed by atoms with Gasteiger partial charge in [0, 0.05) is 10.5 Å². The van der Waals surface area contributed by atoms with Crippen LogP contribution in [-0.2, 0) is 4.79 Å². The Bertz CT molecular complexity index is 336. The van der Waals surface area contributed by atoms with Crippen LogP contribution in [0.15, 0.2) is 30.3 Å². The van der Waals surface area contributed by atoms with Crippen molar-refractivity contribution in [2.24, 2.45) is 0 Å². The Morgan fingerprint density at radius 3 is 2.43 bits per heavy atom. The quantitative estimate of drug-likeness (QED) is 0.582. The lowest BCUT2D eigenvalue weighted by Crippen LogP contribution is -2.14. The van der Waals surface area contributed by atoms with E-state index < -0.39 is 23.4 Å². The Morgan fingerprint density at radius 1 is 1.43 bits per heavy atom. The Morgan fingerprint density at radius 2 is 2.00 bits per heavy atom. The van der Waals surface area contributed by atoms with Crippen molar-refractivity contribution < 1.29 is 14.8 Å². The highest BCUT2D eigenvalue weighted by atomic mass is 16.6. The third-order valence-electron chi connectivity index (χ3n) is 1.81. The Labute approximate surface area is 80.1 Å². The lowest BCUT2D eigenvalue weighted by Gasteiger charge is -2.06. The van der Waals surface area contributed by atoms with Gasteiger partial charge in [-0.3, -0.25) is 14.9 Å². The average Bonchev–Trinajstić information content (AvgIpc) is 2.15. The minimum Gasteiger partial charge on any atom is -0.481 e. The zero-order chi connectivity index (χ0) is 10.6. The van der Waals surface area contributed by atoms with Crippen molar-refractivity contribution in [3.05, 3.63) is 46.0 Å². The summed E-state index contributed by atoms with van der Waals surface area (Å²) in [6, 6.07) is 6.96. The Hall–Kier alpha value is -1.91. The third kappa shape index (κ3) is 2.55. The summed E-state index contributed by atoms with van der Waals surface area (Å²) in [6.07, 6.45) is -0.489. The van der Waals surface area contributed by atoms with Crippen LogP contribution in [0.3, 0.4) is 0 Å². The molecule has 0 saturated carbocycles. The fraction of sp³-hybridized carbons (Fsp3) is 0.222. The van der Waals surface area contributed by atoms with Crippen LogP contribution >= 0.6 is 0 Å². The molecule has 0 amide bonds. The molecule has 0 aliphatic heterocycles. The molecule has 1 N–H and O–H groups in total. The first-order valence-corrected chi connectivity index (χ1v) is 4.01. The maximum Gasteiger partial charge on any atom is 0.310 e. The molecular weight excluding hydrogens is 186 g/mol. The molecule has 0 aromatic heterocycles. The monoisotopic (exact) mass is 195 g/mol. The van der Waals surface area contributed by atoms with E-state index in [1.807, 2.05) is 0 Å². The smallest absolute Gasteiger partial charge is 0.310 e. The van der Waals surface area contributed by atoms with Gasteiger partial charge < -0.3 is 5.11 Å². The van der Waals surface area contributed by atoms with Gasteiger partial charge in [-0.15, -0.1) is 0 Å². The SMILES string of the molecule is O=C(O)CC(c1ccccc1)[N+](=O)[O-]. The second kappa shape index (κ2) is 4.36. The van der Waals surface area contributed by atoms with E-state index in [0.717, 1.165) is 0 Å². The number of hydrogen-bond donors (Lipinski definition) is 1. The minimum absolute atomic E-state index is 0.417. The second-order valence-electron chi connectivity index (χ2n) is 2.81. The third-order valence-corrected chi connectivity index (χ3v) is 1.81. The van der Waals surface area contributed by atoms with Crippen molar-refractivity contribution in [2.75, 3.05) is 0 Å². The standard InChI is InChI=1S/C9H9NO4/c11-9(12)6-8(10(13)14)7-4-2-1-3-5-7/h1-5,8H,6H2,(H,11,12). The highest BCUT2D eigenvalue weighted by molar-refractivity contribution is 5.67. The molecule has 1 rings (SSSR count). The van der Waals surface area contributed by atoms with E-state index in [0.29, 0.717) is 5.56 Å². The van der Waals surface area contributed by atoms with Crippen LogP contribution < -0.4 is 0 Å². The van der Waals surface area contributed by atoms with E-state index in [9.17, 15) is 14.9 Å². The molecule has 0 fully saturated rings. The van der Waals surface area contributed by atoms with Crippen molar-refractivity contribution in [3.8, 4) is 0 Å². The van der Waals surface area contributed by atoms with Gasteiger partial charge in [-0.25, -0.2) is 0 Å². The number of hydrogen-bond acceptors (Lipinski definition) is 3. The molecule has 5 nitrogen and oxygen atoms in total. The molecule has 0 aliphatic carbocycles. The molecule has 0 spiro atoms. The summed E-state index contributed by atoms with van der Waals surface area (Å²) >= 11 is 0. The first-order valence-electron chi connectivity index (χ1n) is 4.01. The second-order valence-corrected chi connectivity index (χ2v) is 2.81. The topological polar surface area (TPSA) is 80.4 Å². The average molecular weight is 195 g/mol. The fourth-order valence-electron chi connectivity index (χ4n) is 1.15. The predicted octanol–water partition coefficient (Wildman–Crippen LogP) is 1.48. The molecule has 0 bridgehead atoms. The lowest BCUT2D eigenvalue weighted by molar-refractivity contribution is -0.528. The van der Waals surface area contributed by atoms with Crippen LogP contribution in [0.2, 0.25) is 0 Å². The number of nitro groups is 1. The first kappa shape index (κ1) is 10.2. The van der Waals surface area contributed by atoms with Crippen molar-refractivity contribution in [3.63, 3.8) is 0 Å². The highest BCUT2D eigenvalue weighted by Crippen LogP contribution is 2.19. The predicted molar refractivity (Wildman–Crippen MR) is 48.4 cm³/mol. The number of aliphatic carboxylic acids is 1. The van der Waals surface area contributed by atoms with Crippen molar-refractivity contribution in [2.45, 2.75) is 12.5 Å². The van der Waals surface area contributed by atoms with Crippen LogP contribution in [-0.4, -0.2) is 16.0 Å². The lowest BCUT2D eigenvalue weighted by atomic mass is 10.1. The molecule has 1 atom stereocenters. The van der Waals surface area contributed by atoms with Crippen molar-refractivity contribution in [1.82, 2.24) is 0 Å². The maximum atomic E-state index is 10.6. The van der Waals surface area contributed by atoms with Crippen LogP contribution in [0.5, 0.6) is 0 Å². The molecule has 0 saturated heterocycles. The zero-order valence-corrected chi connectivity index (χ0v) is 7.29. The summed E-state index contributed by atoms with van der Waals surface area (Å²) in [7, 11) is 0. The van der Waals surface area contributed by atoms with Crippen LogP contribution in [0, 0.1) is 10.1 Å². The van der Waals surface area contributed by atoms with Crippen molar-refractivity contribution >= 4 is 5.97 Å². The minimum atomic E-state index is -1.17. The van der Waals surface area contributed by atoms with Crippen LogP contribution in [0.25, 0.3) is 0 Å². The molecule has 1 unspecified atom stereocenters. The van der Waals surface area contributed by atoms with Gasteiger partial charge in [-0.05, 0) is 0 Å². The highest BCUT2D eigenvalue weighted by Gasteiger charge is 2.25. The maximum absolute atomic E-state index is 10.6. The number of carbonyl (C=O) groups is 1. The Balaban J connectivity index is 2.89. The number of carboxylic acids is 1. The van der Waals surface area contributed by atoms with E-state index in [4.69, 9.17) is 5.11 Å². The van der Waals surface area contributed by atoms with E-state index in [2.05, 4.69) is 0 Å². The largest absolute Gasteiger partial charge is 0.481 e. The van der Waals surface area contributed by atoms with E-state index in [-0.39, 0.29) is 0 Å². The molecular formula is C9H9NO4. The van der Waals surface area contributed by atoms with E-state index in [1.165, 1.54) is 0 Å². The van der Waals surface area contributed by atoms with Gasteiger partial charge in [0.1, 0.15) is 6.42 Å². The van der Waals surface area contributed by atoms with Gasteiger partial charge in [0.2, 0.25) is 6.04 Å². The molecule has 0 aliphatic rings. The molecule has 0 heterocycles. The molecule has 74 valence electrons. The van der Waals surface area contributed by atoms with Crippen molar-refractivity contribution in [1.29, 1.82) is 0 Å². The summed E-state index contributed by atoms with van der Waals surface area (Å²) in [6.45, 7) is 0. The Kier molecular flexibility index (Phi) is 3.17. The molecule has 14 heavy (non-hydrogen) atoms. The summed E-state index contributed by atoms with van der Waals surface area (Å²) in [4.78, 5) is 20.4. The van der Waals surface area contributed by atoms with Crippen LogP contribution in [0.1, 0.15) is 18.0 Å². The van der Waals surface area contributed by atoms with Gasteiger partial charge in [0.05, 0.1) is 0 Å². The summed E-state index contributed by atoms with van der Waals surface area (Å²) in [5.41, 5.74) is 0.417. The van der Waals surface area contributed by atoms with Crippen LogP contribution in [0.4, 0.5) is 0 Å². The number of carboxylic acid groups (broad SMARTS) is 1. The summed E-state index contributed by atoms with van der Waals surface area (Å²) in [5, 5.41) is 19.1. The normalized spacial score (nSPS) is 12.0. The fourth-order valence-corrected chi connectivity index (χ4v) is 1.15.